The zero-order valence-corrected chi connectivity index (χ0v) is 7.93. The van der Waals surface area contributed by atoms with Crippen molar-refractivity contribution in [3.8, 4) is 0 Å². The van der Waals surface area contributed by atoms with E-state index in [-0.39, 0.29) is 5.69 Å². The summed E-state index contributed by atoms with van der Waals surface area (Å²) in [6.07, 6.45) is 1.49. The summed E-state index contributed by atoms with van der Waals surface area (Å²) < 4.78 is 0. The summed E-state index contributed by atoms with van der Waals surface area (Å²) >= 11 is 0. The van der Waals surface area contributed by atoms with Crippen LogP contribution in [0.25, 0.3) is 0 Å². The Labute approximate surface area is 82.2 Å². The summed E-state index contributed by atoms with van der Waals surface area (Å²) in [5, 5.41) is 10.7. The van der Waals surface area contributed by atoms with Gasteiger partial charge in [-0.15, -0.1) is 6.58 Å². The number of nitro benzene ring substituents is 1. The van der Waals surface area contributed by atoms with E-state index in [1.54, 1.807) is 12.1 Å². The molecule has 1 aromatic rings. The van der Waals surface area contributed by atoms with E-state index in [0.29, 0.717) is 5.56 Å². The van der Waals surface area contributed by atoms with E-state index in [2.05, 4.69) is 6.58 Å². The highest BCUT2D eigenvalue weighted by molar-refractivity contribution is 5.45. The average Bonchev–Trinajstić information content (AvgIpc) is 2.16. The second kappa shape index (κ2) is 4.02. The fraction of sp³-hybridized carbons (Fsp3) is 0.200. The van der Waals surface area contributed by atoms with Crippen LogP contribution in [0.1, 0.15) is 17.2 Å². The Morgan fingerprint density at radius 3 is 2.79 bits per heavy atom. The number of nitrogens with zero attached hydrogens (tertiary/aromatic N) is 1. The standard InChI is InChI=1S/C10H12N2O2/c1-3-9(11)8-6-7(2)4-5-10(8)12(13)14/h3-6,9H,1,11H2,2H3. The third-order valence-electron chi connectivity index (χ3n) is 1.99. The summed E-state index contributed by atoms with van der Waals surface area (Å²) in [5.74, 6) is 0. The summed E-state index contributed by atoms with van der Waals surface area (Å²) in [4.78, 5) is 10.2. The Morgan fingerprint density at radius 1 is 1.64 bits per heavy atom. The lowest BCUT2D eigenvalue weighted by molar-refractivity contribution is -0.385. The second-order valence-electron chi connectivity index (χ2n) is 3.08. The first kappa shape index (κ1) is 10.4. The molecule has 0 aromatic heterocycles. The van der Waals surface area contributed by atoms with Gasteiger partial charge < -0.3 is 5.73 Å². The van der Waals surface area contributed by atoms with Crippen LogP contribution in [-0.4, -0.2) is 4.92 Å². The van der Waals surface area contributed by atoms with Crippen LogP contribution in [0, 0.1) is 17.0 Å². The summed E-state index contributed by atoms with van der Waals surface area (Å²) in [7, 11) is 0. The van der Waals surface area contributed by atoms with Crippen LogP contribution in [0.3, 0.4) is 0 Å². The first-order chi connectivity index (χ1) is 6.56. The molecule has 4 nitrogen and oxygen atoms in total. The third kappa shape index (κ3) is 1.97. The maximum Gasteiger partial charge on any atom is 0.274 e. The largest absolute Gasteiger partial charge is 0.321 e. The van der Waals surface area contributed by atoms with Gasteiger partial charge in [-0.3, -0.25) is 10.1 Å². The van der Waals surface area contributed by atoms with Crippen LogP contribution in [0.2, 0.25) is 0 Å². The summed E-state index contributed by atoms with van der Waals surface area (Å²) in [5.41, 5.74) is 7.18. The highest BCUT2D eigenvalue weighted by atomic mass is 16.6. The number of nitro groups is 1. The molecule has 1 rings (SSSR count). The van der Waals surface area contributed by atoms with E-state index in [4.69, 9.17) is 5.73 Å². The molecule has 1 aromatic carbocycles. The number of benzene rings is 1. The highest BCUT2D eigenvalue weighted by Crippen LogP contribution is 2.25. The van der Waals surface area contributed by atoms with E-state index in [1.165, 1.54) is 12.1 Å². The smallest absolute Gasteiger partial charge is 0.274 e. The van der Waals surface area contributed by atoms with Gasteiger partial charge in [0, 0.05) is 6.07 Å². The number of hydrogen-bond acceptors (Lipinski definition) is 3. The van der Waals surface area contributed by atoms with Gasteiger partial charge >= 0.3 is 0 Å². The van der Waals surface area contributed by atoms with Crippen molar-refractivity contribution in [1.29, 1.82) is 0 Å². The Balaban J connectivity index is 3.29. The van der Waals surface area contributed by atoms with Gasteiger partial charge in [0.1, 0.15) is 0 Å². The van der Waals surface area contributed by atoms with Crippen LogP contribution in [-0.2, 0) is 0 Å². The van der Waals surface area contributed by atoms with Crippen LogP contribution in [0.5, 0.6) is 0 Å². The van der Waals surface area contributed by atoms with Gasteiger partial charge in [0.05, 0.1) is 16.5 Å². The molecule has 0 amide bonds. The molecule has 1 atom stereocenters. The van der Waals surface area contributed by atoms with Crippen molar-refractivity contribution in [2.45, 2.75) is 13.0 Å². The van der Waals surface area contributed by atoms with Crippen molar-refractivity contribution < 1.29 is 4.92 Å². The first-order valence-electron chi connectivity index (χ1n) is 4.19. The van der Waals surface area contributed by atoms with Crippen molar-refractivity contribution >= 4 is 5.69 Å². The molecule has 0 aliphatic rings. The minimum absolute atomic E-state index is 0.0444. The van der Waals surface area contributed by atoms with E-state index >= 15 is 0 Å². The van der Waals surface area contributed by atoms with Crippen molar-refractivity contribution in [2.24, 2.45) is 5.73 Å². The Bertz CT molecular complexity index is 374. The molecule has 1 unspecified atom stereocenters. The number of aryl methyl sites for hydroxylation is 1. The quantitative estimate of drug-likeness (QED) is 0.453. The van der Waals surface area contributed by atoms with Gasteiger partial charge in [-0.25, -0.2) is 0 Å². The molecule has 0 saturated heterocycles. The van der Waals surface area contributed by atoms with Gasteiger partial charge in [-0.2, -0.15) is 0 Å². The lowest BCUT2D eigenvalue weighted by Crippen LogP contribution is -2.09. The van der Waals surface area contributed by atoms with Crippen LogP contribution < -0.4 is 5.73 Å². The molecular weight excluding hydrogens is 180 g/mol. The van der Waals surface area contributed by atoms with Crippen LogP contribution in [0.4, 0.5) is 5.69 Å². The molecule has 0 bridgehead atoms. The van der Waals surface area contributed by atoms with Gasteiger partial charge in [-0.05, 0) is 13.0 Å². The molecule has 74 valence electrons. The zero-order chi connectivity index (χ0) is 10.7. The van der Waals surface area contributed by atoms with E-state index < -0.39 is 11.0 Å². The molecule has 0 saturated carbocycles. The zero-order valence-electron chi connectivity index (χ0n) is 7.93. The second-order valence-corrected chi connectivity index (χ2v) is 3.08. The van der Waals surface area contributed by atoms with E-state index in [0.717, 1.165) is 5.56 Å². The number of rotatable bonds is 3. The molecule has 0 aliphatic carbocycles. The normalized spacial score (nSPS) is 12.1. The van der Waals surface area contributed by atoms with Gasteiger partial charge in [0.15, 0.2) is 0 Å². The van der Waals surface area contributed by atoms with Crippen molar-refractivity contribution in [1.82, 2.24) is 0 Å². The van der Waals surface area contributed by atoms with Crippen molar-refractivity contribution in [3.63, 3.8) is 0 Å². The van der Waals surface area contributed by atoms with Gasteiger partial charge in [0.25, 0.3) is 5.69 Å². The molecule has 4 heteroatoms. The third-order valence-corrected chi connectivity index (χ3v) is 1.99. The maximum atomic E-state index is 10.7. The molecular formula is C10H12N2O2. The lowest BCUT2D eigenvalue weighted by atomic mass is 10.0. The monoisotopic (exact) mass is 192 g/mol. The van der Waals surface area contributed by atoms with Crippen molar-refractivity contribution in [3.05, 3.63) is 52.1 Å². The Kier molecular flexibility index (Phi) is 2.99. The minimum Gasteiger partial charge on any atom is -0.321 e. The van der Waals surface area contributed by atoms with Crippen LogP contribution in [0.15, 0.2) is 30.9 Å². The number of hydrogen-bond donors (Lipinski definition) is 1. The average molecular weight is 192 g/mol. The molecule has 0 heterocycles. The van der Waals surface area contributed by atoms with Crippen molar-refractivity contribution in [2.75, 3.05) is 0 Å². The maximum absolute atomic E-state index is 10.7. The molecule has 2 N–H and O–H groups in total. The predicted molar refractivity (Wildman–Crippen MR) is 55.0 cm³/mol. The SMILES string of the molecule is C=CC(N)c1cc(C)ccc1[N+](=O)[O-]. The predicted octanol–water partition coefficient (Wildman–Crippen LogP) is 2.09. The summed E-state index contributed by atoms with van der Waals surface area (Å²) in [6, 6.07) is 4.38. The van der Waals surface area contributed by atoms with Gasteiger partial charge in [-0.1, -0.05) is 17.7 Å². The molecule has 14 heavy (non-hydrogen) atoms. The molecule has 0 aliphatic heterocycles. The molecule has 0 radical (unpaired) electrons. The fourth-order valence-electron chi connectivity index (χ4n) is 1.23. The number of nitrogens with two attached hydrogens (primary N) is 1. The molecule has 0 spiro atoms. The fourth-order valence-corrected chi connectivity index (χ4v) is 1.23. The molecule has 0 fully saturated rings. The van der Waals surface area contributed by atoms with E-state index in [1.807, 2.05) is 6.92 Å². The van der Waals surface area contributed by atoms with Gasteiger partial charge in [0.2, 0.25) is 0 Å². The Morgan fingerprint density at radius 2 is 2.29 bits per heavy atom. The lowest BCUT2D eigenvalue weighted by Gasteiger charge is -2.07. The summed E-state index contributed by atoms with van der Waals surface area (Å²) in [6.45, 7) is 5.38. The highest BCUT2D eigenvalue weighted by Gasteiger charge is 2.16. The Hall–Kier alpha value is -1.68. The first-order valence-corrected chi connectivity index (χ1v) is 4.19. The topological polar surface area (TPSA) is 69.2 Å². The van der Waals surface area contributed by atoms with Crippen LogP contribution >= 0.6 is 0 Å². The van der Waals surface area contributed by atoms with E-state index in [9.17, 15) is 10.1 Å². The minimum atomic E-state index is -0.490.